The number of carbonyl (C=O) groups excluding carboxylic acids is 2. The number of hydrogen-bond donors (Lipinski definition) is 1. The molecule has 1 aromatic heterocycles. The quantitative estimate of drug-likeness (QED) is 0.878. The van der Waals surface area contributed by atoms with E-state index in [-0.39, 0.29) is 30.4 Å². The summed E-state index contributed by atoms with van der Waals surface area (Å²) in [7, 11) is 0. The molecule has 0 unspecified atom stereocenters. The highest BCUT2D eigenvalue weighted by atomic mass is 16.6. The van der Waals surface area contributed by atoms with E-state index in [0.29, 0.717) is 55.9 Å². The van der Waals surface area contributed by atoms with Gasteiger partial charge in [0.15, 0.2) is 0 Å². The summed E-state index contributed by atoms with van der Waals surface area (Å²) in [5, 5.41) is 0. The third-order valence-electron chi connectivity index (χ3n) is 4.62. The van der Waals surface area contributed by atoms with Gasteiger partial charge in [-0.25, -0.2) is 9.78 Å². The Hall–Kier alpha value is -2.90. The molecule has 0 radical (unpaired) electrons. The summed E-state index contributed by atoms with van der Waals surface area (Å²) in [4.78, 5) is 47.1. The van der Waals surface area contributed by atoms with Crippen molar-refractivity contribution in [3.05, 3.63) is 40.3 Å². The fourth-order valence-electron chi connectivity index (χ4n) is 3.18. The maximum atomic E-state index is 12.6. The molecule has 1 aliphatic heterocycles. The van der Waals surface area contributed by atoms with Crippen molar-refractivity contribution in [1.82, 2.24) is 19.8 Å². The Balaban J connectivity index is 1.59. The van der Waals surface area contributed by atoms with Crippen LogP contribution < -0.4 is 5.56 Å². The lowest BCUT2D eigenvalue weighted by molar-refractivity contribution is -0.131. The molecule has 3 rings (SSSR count). The van der Waals surface area contributed by atoms with Crippen LogP contribution >= 0.6 is 0 Å². The second kappa shape index (κ2) is 8.66. The van der Waals surface area contributed by atoms with E-state index in [9.17, 15) is 14.4 Å². The van der Waals surface area contributed by atoms with Gasteiger partial charge in [0.25, 0.3) is 5.56 Å². The van der Waals surface area contributed by atoms with E-state index < -0.39 is 0 Å². The van der Waals surface area contributed by atoms with Gasteiger partial charge < -0.3 is 19.5 Å². The number of aryl methyl sites for hydroxylation is 1. The zero-order valence-corrected chi connectivity index (χ0v) is 15.4. The molecule has 144 valence electrons. The number of ether oxygens (including phenoxy) is 1. The maximum absolute atomic E-state index is 12.6. The molecule has 27 heavy (non-hydrogen) atoms. The monoisotopic (exact) mass is 372 g/mol. The maximum Gasteiger partial charge on any atom is 0.409 e. The predicted molar refractivity (Wildman–Crippen MR) is 100 cm³/mol. The minimum atomic E-state index is -0.335. The van der Waals surface area contributed by atoms with Crippen LogP contribution in [0.1, 0.15) is 25.5 Å². The summed E-state index contributed by atoms with van der Waals surface area (Å²) in [5.74, 6) is -0.0323. The number of para-hydroxylation sites is 2. The summed E-state index contributed by atoms with van der Waals surface area (Å²) in [5.41, 5.74) is 1.50. The molecule has 0 bridgehead atoms. The molecule has 0 saturated carbocycles. The van der Waals surface area contributed by atoms with Gasteiger partial charge in [-0.05, 0) is 25.5 Å². The van der Waals surface area contributed by atoms with Crippen molar-refractivity contribution in [2.45, 2.75) is 26.2 Å². The van der Waals surface area contributed by atoms with Gasteiger partial charge in [0.1, 0.15) is 5.69 Å². The van der Waals surface area contributed by atoms with E-state index in [0.717, 1.165) is 0 Å². The lowest BCUT2D eigenvalue weighted by atomic mass is 10.2. The Morgan fingerprint density at radius 2 is 1.89 bits per heavy atom. The molecule has 8 heteroatoms. The van der Waals surface area contributed by atoms with Gasteiger partial charge in [-0.2, -0.15) is 0 Å². The Morgan fingerprint density at radius 1 is 1.15 bits per heavy atom. The molecule has 1 aliphatic rings. The number of fused-ring (bicyclic) bond motifs is 1. The van der Waals surface area contributed by atoms with Crippen molar-refractivity contribution in [3.63, 3.8) is 0 Å². The van der Waals surface area contributed by atoms with E-state index in [4.69, 9.17) is 4.74 Å². The summed E-state index contributed by atoms with van der Waals surface area (Å²) < 4.78 is 5.02. The molecule has 1 N–H and O–H groups in total. The molecule has 0 atom stereocenters. The van der Waals surface area contributed by atoms with Crippen molar-refractivity contribution in [3.8, 4) is 0 Å². The third kappa shape index (κ3) is 4.64. The average Bonchev–Trinajstić information content (AvgIpc) is 2.92. The highest BCUT2D eigenvalue weighted by Crippen LogP contribution is 2.10. The summed E-state index contributed by atoms with van der Waals surface area (Å²) in [6.07, 6.45) is 0.878. The molecule has 8 nitrogen and oxygen atoms in total. The number of nitrogens with one attached hydrogen (secondary N) is 1. The van der Waals surface area contributed by atoms with E-state index >= 15 is 0 Å². The second-order valence-corrected chi connectivity index (χ2v) is 6.45. The molecule has 0 aliphatic carbocycles. The largest absolute Gasteiger partial charge is 0.450 e. The number of aromatic amines is 1. The number of carbonyl (C=O) groups is 2. The first-order chi connectivity index (χ1) is 13.1. The Bertz CT molecular complexity index is 879. The van der Waals surface area contributed by atoms with Gasteiger partial charge in [-0.1, -0.05) is 12.1 Å². The van der Waals surface area contributed by atoms with Gasteiger partial charge in [0, 0.05) is 39.0 Å². The second-order valence-electron chi connectivity index (χ2n) is 6.45. The zero-order valence-electron chi connectivity index (χ0n) is 15.4. The van der Waals surface area contributed by atoms with Gasteiger partial charge in [0.2, 0.25) is 5.91 Å². The van der Waals surface area contributed by atoms with Crippen molar-refractivity contribution in [2.24, 2.45) is 0 Å². The Labute approximate surface area is 157 Å². The normalized spacial score (nSPS) is 14.9. The van der Waals surface area contributed by atoms with Gasteiger partial charge in [-0.15, -0.1) is 0 Å². The first-order valence-electron chi connectivity index (χ1n) is 9.26. The van der Waals surface area contributed by atoms with Crippen molar-refractivity contribution >= 4 is 23.0 Å². The third-order valence-corrected chi connectivity index (χ3v) is 4.62. The van der Waals surface area contributed by atoms with Crippen molar-refractivity contribution < 1.29 is 14.3 Å². The molecule has 2 heterocycles. The highest BCUT2D eigenvalue weighted by molar-refractivity contribution is 5.77. The Kier molecular flexibility index (Phi) is 6.05. The first kappa shape index (κ1) is 18.9. The predicted octanol–water partition coefficient (Wildman–Crippen LogP) is 1.55. The minimum Gasteiger partial charge on any atom is -0.450 e. The van der Waals surface area contributed by atoms with Crippen LogP contribution in [0.15, 0.2) is 29.1 Å². The number of amides is 2. The fourth-order valence-corrected chi connectivity index (χ4v) is 3.18. The molecular formula is C19H24N4O4. The van der Waals surface area contributed by atoms with Crippen LogP contribution in [0.3, 0.4) is 0 Å². The molecule has 2 aromatic rings. The summed E-state index contributed by atoms with van der Waals surface area (Å²) in [6.45, 7) is 4.21. The SMILES string of the molecule is CCOC(=O)N1CCCN(C(=O)CCc2nc3ccccc3[nH]c2=O)CC1. The van der Waals surface area contributed by atoms with Crippen LogP contribution in [0.2, 0.25) is 0 Å². The van der Waals surface area contributed by atoms with Crippen LogP contribution in [0, 0.1) is 0 Å². The standard InChI is InChI=1S/C19H24N4O4/c1-2-27-19(26)23-11-5-10-22(12-13-23)17(24)9-8-16-18(25)21-15-7-4-3-6-14(15)20-16/h3-4,6-7H,2,5,8-13H2,1H3,(H,21,25). The highest BCUT2D eigenvalue weighted by Gasteiger charge is 2.22. The number of nitrogens with zero attached hydrogens (tertiary/aromatic N) is 3. The fraction of sp³-hybridized carbons (Fsp3) is 0.474. The Morgan fingerprint density at radius 3 is 2.70 bits per heavy atom. The molecular weight excluding hydrogens is 348 g/mol. The van der Waals surface area contributed by atoms with E-state index in [1.54, 1.807) is 22.8 Å². The minimum absolute atomic E-state index is 0.0323. The molecule has 0 spiro atoms. The number of benzene rings is 1. The van der Waals surface area contributed by atoms with Crippen LogP contribution in [-0.2, 0) is 16.0 Å². The summed E-state index contributed by atoms with van der Waals surface area (Å²) >= 11 is 0. The topological polar surface area (TPSA) is 95.6 Å². The number of hydrogen-bond acceptors (Lipinski definition) is 5. The summed E-state index contributed by atoms with van der Waals surface area (Å²) in [6, 6.07) is 7.32. The van der Waals surface area contributed by atoms with Crippen molar-refractivity contribution in [1.29, 1.82) is 0 Å². The lowest BCUT2D eigenvalue weighted by Gasteiger charge is -2.21. The van der Waals surface area contributed by atoms with Gasteiger partial charge >= 0.3 is 6.09 Å². The van der Waals surface area contributed by atoms with Crippen LogP contribution in [0.25, 0.3) is 11.0 Å². The molecule has 1 saturated heterocycles. The van der Waals surface area contributed by atoms with Crippen LogP contribution in [0.4, 0.5) is 4.79 Å². The van der Waals surface area contributed by atoms with E-state index in [1.807, 2.05) is 18.2 Å². The first-order valence-corrected chi connectivity index (χ1v) is 9.26. The smallest absolute Gasteiger partial charge is 0.409 e. The molecule has 1 fully saturated rings. The average molecular weight is 372 g/mol. The van der Waals surface area contributed by atoms with Gasteiger partial charge in [-0.3, -0.25) is 9.59 Å². The van der Waals surface area contributed by atoms with Crippen molar-refractivity contribution in [2.75, 3.05) is 32.8 Å². The lowest BCUT2D eigenvalue weighted by Crippen LogP contribution is -2.37. The number of aromatic nitrogens is 2. The van der Waals surface area contributed by atoms with Gasteiger partial charge in [0.05, 0.1) is 17.6 Å². The number of H-pyrrole nitrogens is 1. The van der Waals surface area contributed by atoms with E-state index in [1.165, 1.54) is 0 Å². The number of rotatable bonds is 4. The van der Waals surface area contributed by atoms with Crippen LogP contribution in [-0.4, -0.2) is 64.6 Å². The van der Waals surface area contributed by atoms with E-state index in [2.05, 4.69) is 9.97 Å². The van der Waals surface area contributed by atoms with Crippen LogP contribution in [0.5, 0.6) is 0 Å². The molecule has 2 amide bonds. The zero-order chi connectivity index (χ0) is 19.2. The molecule has 1 aromatic carbocycles.